The highest BCUT2D eigenvalue weighted by Crippen LogP contribution is 2.13. The Morgan fingerprint density at radius 2 is 1.85 bits per heavy atom. The van der Waals surface area contributed by atoms with Crippen LogP contribution in [0.15, 0.2) is 24.3 Å². The zero-order chi connectivity index (χ0) is 14.4. The smallest absolute Gasteiger partial charge is 0.269 e. The molecule has 1 aromatic carbocycles. The van der Waals surface area contributed by atoms with Crippen molar-refractivity contribution in [1.29, 1.82) is 0 Å². The molecule has 0 atom stereocenters. The van der Waals surface area contributed by atoms with E-state index in [0.717, 1.165) is 51.4 Å². The molecule has 1 aliphatic rings. The number of hydrogen-bond acceptors (Lipinski definition) is 5. The standard InChI is InChI=1S/C14H22N4O2/c1-15-7-9-17-11-10-16(12-17)8-6-13-2-4-14(5-3-13)18(19)20/h2-5,15H,6-12H2,1H3. The molecule has 0 bridgehead atoms. The van der Waals surface area contributed by atoms with Crippen LogP contribution in [0.3, 0.4) is 0 Å². The second-order valence-electron chi connectivity index (χ2n) is 5.15. The van der Waals surface area contributed by atoms with E-state index in [2.05, 4.69) is 15.1 Å². The molecule has 0 aromatic heterocycles. The van der Waals surface area contributed by atoms with Gasteiger partial charge in [0.05, 0.1) is 11.6 Å². The highest BCUT2D eigenvalue weighted by molar-refractivity contribution is 5.32. The Bertz CT molecular complexity index is 435. The van der Waals surface area contributed by atoms with Gasteiger partial charge in [0.25, 0.3) is 5.69 Å². The van der Waals surface area contributed by atoms with Gasteiger partial charge in [0.15, 0.2) is 0 Å². The van der Waals surface area contributed by atoms with Crippen LogP contribution in [0.4, 0.5) is 5.69 Å². The first kappa shape index (κ1) is 14.9. The molecule has 1 fully saturated rings. The highest BCUT2D eigenvalue weighted by Gasteiger charge is 2.18. The highest BCUT2D eigenvalue weighted by atomic mass is 16.6. The van der Waals surface area contributed by atoms with Gasteiger partial charge in [-0.2, -0.15) is 0 Å². The third-order valence-electron chi connectivity index (χ3n) is 3.67. The summed E-state index contributed by atoms with van der Waals surface area (Å²) in [5.41, 5.74) is 1.32. The van der Waals surface area contributed by atoms with Crippen LogP contribution in [0.2, 0.25) is 0 Å². The second kappa shape index (κ2) is 7.33. The first-order valence-corrected chi connectivity index (χ1v) is 7.01. The van der Waals surface area contributed by atoms with Gasteiger partial charge >= 0.3 is 0 Å². The summed E-state index contributed by atoms with van der Waals surface area (Å²) in [6.45, 7) is 6.38. The molecular formula is C14H22N4O2. The Morgan fingerprint density at radius 1 is 1.20 bits per heavy atom. The monoisotopic (exact) mass is 278 g/mol. The predicted octanol–water partition coefficient (Wildman–Crippen LogP) is 0.932. The molecule has 0 saturated carbocycles. The summed E-state index contributed by atoms with van der Waals surface area (Å²) < 4.78 is 0. The topological polar surface area (TPSA) is 61.6 Å². The lowest BCUT2D eigenvalue weighted by molar-refractivity contribution is -0.384. The van der Waals surface area contributed by atoms with E-state index >= 15 is 0 Å². The molecule has 110 valence electrons. The van der Waals surface area contributed by atoms with Gasteiger partial charge < -0.3 is 5.32 Å². The van der Waals surface area contributed by atoms with Crippen LogP contribution in [0.25, 0.3) is 0 Å². The van der Waals surface area contributed by atoms with E-state index in [1.165, 1.54) is 0 Å². The van der Waals surface area contributed by atoms with E-state index in [0.29, 0.717) is 0 Å². The number of nitrogens with one attached hydrogen (secondary N) is 1. The first-order chi connectivity index (χ1) is 9.69. The van der Waals surface area contributed by atoms with Crippen molar-refractivity contribution in [3.63, 3.8) is 0 Å². The van der Waals surface area contributed by atoms with E-state index < -0.39 is 0 Å². The molecule has 6 heteroatoms. The molecule has 0 radical (unpaired) electrons. The van der Waals surface area contributed by atoms with Crippen LogP contribution < -0.4 is 5.32 Å². The maximum atomic E-state index is 10.6. The van der Waals surface area contributed by atoms with Crippen LogP contribution in [0.5, 0.6) is 0 Å². The fourth-order valence-corrected chi connectivity index (χ4v) is 2.41. The van der Waals surface area contributed by atoms with Crippen LogP contribution in [0, 0.1) is 10.1 Å². The Labute approximate surface area is 119 Å². The molecule has 0 unspecified atom stereocenters. The van der Waals surface area contributed by atoms with Gasteiger partial charge in [-0.25, -0.2) is 0 Å². The van der Waals surface area contributed by atoms with Crippen molar-refractivity contribution in [2.24, 2.45) is 0 Å². The van der Waals surface area contributed by atoms with Crippen molar-refractivity contribution in [3.05, 3.63) is 39.9 Å². The fourth-order valence-electron chi connectivity index (χ4n) is 2.41. The van der Waals surface area contributed by atoms with Crippen molar-refractivity contribution in [1.82, 2.24) is 15.1 Å². The van der Waals surface area contributed by atoms with Crippen molar-refractivity contribution in [3.8, 4) is 0 Å². The molecule has 1 saturated heterocycles. The quantitative estimate of drug-likeness (QED) is 0.594. The number of benzene rings is 1. The summed E-state index contributed by atoms with van der Waals surface area (Å²) in [7, 11) is 1.97. The predicted molar refractivity (Wildman–Crippen MR) is 78.7 cm³/mol. The molecule has 1 heterocycles. The van der Waals surface area contributed by atoms with Gasteiger partial charge in [-0.1, -0.05) is 12.1 Å². The normalized spacial score (nSPS) is 16.6. The van der Waals surface area contributed by atoms with Crippen LogP contribution in [-0.4, -0.2) is 61.2 Å². The molecule has 2 rings (SSSR count). The number of likely N-dealkylation sites (N-methyl/N-ethyl adjacent to an activating group) is 1. The third kappa shape index (κ3) is 4.26. The van der Waals surface area contributed by atoms with E-state index in [1.807, 2.05) is 19.2 Å². The fraction of sp³-hybridized carbons (Fsp3) is 0.571. The maximum Gasteiger partial charge on any atom is 0.269 e. The molecule has 1 aromatic rings. The number of hydrogen-bond donors (Lipinski definition) is 1. The third-order valence-corrected chi connectivity index (χ3v) is 3.67. The number of nitro groups is 1. The average Bonchev–Trinajstić information content (AvgIpc) is 2.91. The van der Waals surface area contributed by atoms with Crippen LogP contribution in [0.1, 0.15) is 5.56 Å². The van der Waals surface area contributed by atoms with Gasteiger partial charge in [-0.3, -0.25) is 19.9 Å². The van der Waals surface area contributed by atoms with Crippen molar-refractivity contribution >= 4 is 5.69 Å². The zero-order valence-electron chi connectivity index (χ0n) is 11.9. The molecule has 6 nitrogen and oxygen atoms in total. The molecule has 0 spiro atoms. The van der Waals surface area contributed by atoms with Gasteiger partial charge in [0.1, 0.15) is 0 Å². The van der Waals surface area contributed by atoms with Crippen molar-refractivity contribution in [2.75, 3.05) is 46.4 Å². The van der Waals surface area contributed by atoms with Crippen LogP contribution >= 0.6 is 0 Å². The Kier molecular flexibility index (Phi) is 5.46. The van der Waals surface area contributed by atoms with E-state index in [-0.39, 0.29) is 10.6 Å². The van der Waals surface area contributed by atoms with E-state index in [9.17, 15) is 10.1 Å². The number of nitro benzene ring substituents is 1. The van der Waals surface area contributed by atoms with Crippen molar-refractivity contribution < 1.29 is 4.92 Å². The molecule has 20 heavy (non-hydrogen) atoms. The molecular weight excluding hydrogens is 256 g/mol. The lowest BCUT2D eigenvalue weighted by atomic mass is 10.1. The molecule has 0 amide bonds. The van der Waals surface area contributed by atoms with E-state index in [4.69, 9.17) is 0 Å². The number of non-ortho nitro benzene ring substituents is 1. The lowest BCUT2D eigenvalue weighted by Crippen LogP contribution is -2.31. The summed E-state index contributed by atoms with van der Waals surface area (Å²) in [6.07, 6.45) is 0.942. The summed E-state index contributed by atoms with van der Waals surface area (Å²) in [5, 5.41) is 13.8. The second-order valence-corrected chi connectivity index (χ2v) is 5.15. The average molecular weight is 278 g/mol. The SMILES string of the molecule is CNCCN1CCN(CCc2ccc([N+](=O)[O-])cc2)C1. The minimum Gasteiger partial charge on any atom is -0.318 e. The minimum atomic E-state index is -0.357. The van der Waals surface area contributed by atoms with Crippen molar-refractivity contribution in [2.45, 2.75) is 6.42 Å². The Balaban J connectivity index is 1.74. The van der Waals surface area contributed by atoms with Crippen LogP contribution in [-0.2, 0) is 6.42 Å². The zero-order valence-corrected chi connectivity index (χ0v) is 11.9. The largest absolute Gasteiger partial charge is 0.318 e. The van der Waals surface area contributed by atoms with E-state index in [1.54, 1.807) is 12.1 Å². The molecule has 0 aliphatic carbocycles. The maximum absolute atomic E-state index is 10.6. The first-order valence-electron chi connectivity index (χ1n) is 7.01. The summed E-state index contributed by atoms with van der Waals surface area (Å²) in [5.74, 6) is 0. The Morgan fingerprint density at radius 3 is 2.45 bits per heavy atom. The summed E-state index contributed by atoms with van der Waals surface area (Å²) in [4.78, 5) is 15.1. The summed E-state index contributed by atoms with van der Waals surface area (Å²) >= 11 is 0. The van der Waals surface area contributed by atoms with Gasteiger partial charge in [-0.15, -0.1) is 0 Å². The van der Waals surface area contributed by atoms with Gasteiger partial charge in [-0.05, 0) is 19.0 Å². The molecule has 1 aliphatic heterocycles. The van der Waals surface area contributed by atoms with Gasteiger partial charge in [0, 0.05) is 44.9 Å². The minimum absolute atomic E-state index is 0.160. The lowest BCUT2D eigenvalue weighted by Gasteiger charge is -2.17. The molecule has 1 N–H and O–H groups in total. The van der Waals surface area contributed by atoms with Gasteiger partial charge in [0.2, 0.25) is 0 Å². The summed E-state index contributed by atoms with van der Waals surface area (Å²) in [6, 6.07) is 6.87. The number of nitrogens with zero attached hydrogens (tertiary/aromatic N) is 3. The number of rotatable bonds is 7. The Hall–Kier alpha value is -1.50.